The Hall–Kier alpha value is -2.31. The molecular weight excluding hydrogens is 261 g/mol. The first-order valence-electron chi connectivity index (χ1n) is 5.31. The summed E-state index contributed by atoms with van der Waals surface area (Å²) in [5, 5.41) is 12.3. The van der Waals surface area contributed by atoms with Crippen LogP contribution < -0.4 is 0 Å². The summed E-state index contributed by atoms with van der Waals surface area (Å²) >= 11 is 0. The zero-order valence-corrected chi connectivity index (χ0v) is 9.55. The van der Waals surface area contributed by atoms with Gasteiger partial charge in [-0.15, -0.1) is 0 Å². The van der Waals surface area contributed by atoms with Crippen molar-refractivity contribution in [2.45, 2.75) is 12.6 Å². The Morgan fingerprint density at radius 3 is 2.42 bits per heavy atom. The van der Waals surface area contributed by atoms with Crippen LogP contribution in [0.15, 0.2) is 36.5 Å². The molecule has 0 radical (unpaired) electrons. The Balaban J connectivity index is 2.57. The van der Waals surface area contributed by atoms with Crippen LogP contribution in [0.3, 0.4) is 0 Å². The number of hydrogen-bond donors (Lipinski definition) is 1. The van der Waals surface area contributed by atoms with E-state index in [1.54, 1.807) is 18.2 Å². The number of aliphatic carboxylic acids is 1. The molecule has 0 aliphatic carbocycles. The molecule has 0 saturated carbocycles. The highest BCUT2D eigenvalue weighted by atomic mass is 19.4. The molecule has 1 N–H and O–H groups in total. The van der Waals surface area contributed by atoms with Crippen molar-refractivity contribution in [1.82, 2.24) is 9.78 Å². The second kappa shape index (κ2) is 4.75. The first-order valence-corrected chi connectivity index (χ1v) is 5.31. The van der Waals surface area contributed by atoms with Gasteiger partial charge in [-0.1, -0.05) is 18.2 Å². The number of carboxylic acid groups (broad SMARTS) is 1. The molecule has 0 amide bonds. The lowest BCUT2D eigenvalue weighted by Crippen LogP contribution is -2.16. The zero-order chi connectivity index (χ0) is 14.0. The fourth-order valence-corrected chi connectivity index (χ4v) is 1.74. The number of carboxylic acids is 1. The van der Waals surface area contributed by atoms with Crippen LogP contribution in [-0.2, 0) is 17.4 Å². The second-order valence-electron chi connectivity index (χ2n) is 3.83. The van der Waals surface area contributed by atoms with Crippen LogP contribution in [0, 0.1) is 0 Å². The maximum absolute atomic E-state index is 13.0. The molecule has 0 saturated heterocycles. The third-order valence-electron chi connectivity index (χ3n) is 2.46. The van der Waals surface area contributed by atoms with E-state index in [0.717, 1.165) is 6.20 Å². The number of hydrogen-bond acceptors (Lipinski definition) is 2. The maximum Gasteiger partial charge on any atom is 0.433 e. The van der Waals surface area contributed by atoms with Crippen molar-refractivity contribution in [2.24, 2.45) is 0 Å². The average Bonchev–Trinajstić information content (AvgIpc) is 2.72. The minimum absolute atomic E-state index is 0.228. The monoisotopic (exact) mass is 270 g/mol. The molecular formula is C12H9F3N2O2. The van der Waals surface area contributed by atoms with Crippen LogP contribution in [0.1, 0.15) is 11.3 Å². The van der Waals surface area contributed by atoms with Crippen molar-refractivity contribution < 1.29 is 23.1 Å². The van der Waals surface area contributed by atoms with Crippen LogP contribution in [0.25, 0.3) is 5.69 Å². The third-order valence-corrected chi connectivity index (χ3v) is 2.46. The highest BCUT2D eigenvalue weighted by Crippen LogP contribution is 2.33. The van der Waals surface area contributed by atoms with E-state index in [9.17, 15) is 18.0 Å². The average molecular weight is 270 g/mol. The quantitative estimate of drug-likeness (QED) is 0.932. The number of rotatable bonds is 3. The molecule has 0 bridgehead atoms. The van der Waals surface area contributed by atoms with Gasteiger partial charge in [0.1, 0.15) is 0 Å². The molecule has 0 aliphatic rings. The van der Waals surface area contributed by atoms with Crippen molar-refractivity contribution in [3.8, 4) is 5.69 Å². The summed E-state index contributed by atoms with van der Waals surface area (Å²) in [4.78, 5) is 10.6. The highest BCUT2D eigenvalue weighted by molar-refractivity contribution is 5.70. The van der Waals surface area contributed by atoms with E-state index in [2.05, 4.69) is 5.10 Å². The summed E-state index contributed by atoms with van der Waals surface area (Å²) in [6.07, 6.45) is -4.46. The fraction of sp³-hybridized carbons (Fsp3) is 0.167. The molecule has 1 aromatic heterocycles. The van der Waals surface area contributed by atoms with Crippen molar-refractivity contribution in [3.05, 3.63) is 47.8 Å². The number of carbonyl (C=O) groups is 1. The van der Waals surface area contributed by atoms with E-state index in [1.165, 1.54) is 12.1 Å². The van der Waals surface area contributed by atoms with Gasteiger partial charge in [0.05, 0.1) is 18.3 Å². The first-order chi connectivity index (χ1) is 8.89. The summed E-state index contributed by atoms with van der Waals surface area (Å²) in [7, 11) is 0. The summed E-state index contributed by atoms with van der Waals surface area (Å²) < 4.78 is 39.8. The Bertz CT molecular complexity index is 591. The smallest absolute Gasteiger partial charge is 0.433 e. The van der Waals surface area contributed by atoms with Crippen molar-refractivity contribution in [2.75, 3.05) is 0 Å². The largest absolute Gasteiger partial charge is 0.481 e. The summed E-state index contributed by atoms with van der Waals surface area (Å²) in [5.41, 5.74) is -1.18. The number of nitrogens with zero attached hydrogens (tertiary/aromatic N) is 2. The first kappa shape index (κ1) is 13.1. The van der Waals surface area contributed by atoms with Gasteiger partial charge in [-0.25, -0.2) is 4.68 Å². The van der Waals surface area contributed by atoms with Crippen LogP contribution >= 0.6 is 0 Å². The lowest BCUT2D eigenvalue weighted by Gasteiger charge is -2.12. The van der Waals surface area contributed by atoms with Crippen molar-refractivity contribution >= 4 is 5.97 Å². The van der Waals surface area contributed by atoms with Crippen molar-refractivity contribution in [3.63, 3.8) is 0 Å². The van der Waals surface area contributed by atoms with Crippen molar-refractivity contribution in [1.29, 1.82) is 0 Å². The van der Waals surface area contributed by atoms with E-state index in [-0.39, 0.29) is 11.3 Å². The molecule has 1 heterocycles. The molecule has 2 aromatic rings. The van der Waals surface area contributed by atoms with Gasteiger partial charge in [0, 0.05) is 5.56 Å². The fourth-order valence-electron chi connectivity index (χ4n) is 1.74. The number of halogens is 3. The molecule has 0 spiro atoms. The topological polar surface area (TPSA) is 55.1 Å². The molecule has 0 unspecified atom stereocenters. The number of alkyl halides is 3. The van der Waals surface area contributed by atoms with E-state index in [1.807, 2.05) is 0 Å². The molecule has 100 valence electrons. The Labute approximate surface area is 106 Å². The molecule has 1 aromatic carbocycles. The summed E-state index contributed by atoms with van der Waals surface area (Å²) in [6.45, 7) is 0. The van der Waals surface area contributed by atoms with Gasteiger partial charge in [0.15, 0.2) is 5.69 Å². The van der Waals surface area contributed by atoms with Gasteiger partial charge >= 0.3 is 12.1 Å². The Morgan fingerprint density at radius 2 is 1.89 bits per heavy atom. The SMILES string of the molecule is O=C(O)Cc1cnn(-c2ccccc2)c1C(F)(F)F. The van der Waals surface area contributed by atoms with E-state index in [0.29, 0.717) is 4.68 Å². The van der Waals surface area contributed by atoms with Crippen LogP contribution in [0.4, 0.5) is 13.2 Å². The number of aromatic nitrogens is 2. The van der Waals surface area contributed by atoms with Gasteiger partial charge in [-0.05, 0) is 12.1 Å². The second-order valence-corrected chi connectivity index (χ2v) is 3.83. The van der Waals surface area contributed by atoms with Gasteiger partial charge < -0.3 is 5.11 Å². The van der Waals surface area contributed by atoms with Gasteiger partial charge in [-0.2, -0.15) is 18.3 Å². The minimum Gasteiger partial charge on any atom is -0.481 e. The van der Waals surface area contributed by atoms with Crippen LogP contribution in [0.2, 0.25) is 0 Å². The zero-order valence-electron chi connectivity index (χ0n) is 9.55. The molecule has 19 heavy (non-hydrogen) atoms. The Morgan fingerprint density at radius 1 is 1.26 bits per heavy atom. The predicted molar refractivity (Wildman–Crippen MR) is 59.9 cm³/mol. The van der Waals surface area contributed by atoms with Gasteiger partial charge in [-0.3, -0.25) is 4.79 Å². The minimum atomic E-state index is -4.67. The lowest BCUT2D eigenvalue weighted by molar-refractivity contribution is -0.144. The molecule has 7 heteroatoms. The van der Waals surface area contributed by atoms with Crippen LogP contribution in [-0.4, -0.2) is 20.9 Å². The van der Waals surface area contributed by atoms with Gasteiger partial charge in [0.2, 0.25) is 0 Å². The van der Waals surface area contributed by atoms with E-state index >= 15 is 0 Å². The molecule has 0 aliphatic heterocycles. The lowest BCUT2D eigenvalue weighted by atomic mass is 10.1. The van der Waals surface area contributed by atoms with Crippen LogP contribution in [0.5, 0.6) is 0 Å². The highest BCUT2D eigenvalue weighted by Gasteiger charge is 2.38. The number of para-hydroxylation sites is 1. The summed E-state index contributed by atoms with van der Waals surface area (Å²) in [6, 6.07) is 7.75. The normalized spacial score (nSPS) is 11.5. The molecule has 2 rings (SSSR count). The van der Waals surface area contributed by atoms with Gasteiger partial charge in [0.25, 0.3) is 0 Å². The standard InChI is InChI=1S/C12H9F3N2O2/c13-12(14,15)11-8(6-10(18)19)7-16-17(11)9-4-2-1-3-5-9/h1-5,7H,6H2,(H,18,19). The molecule has 4 nitrogen and oxygen atoms in total. The van der Waals surface area contributed by atoms with E-state index < -0.39 is 24.3 Å². The Kier molecular flexibility index (Phi) is 3.28. The number of benzene rings is 1. The molecule has 0 atom stereocenters. The predicted octanol–water partition coefficient (Wildman–Crippen LogP) is 2.52. The van der Waals surface area contributed by atoms with E-state index in [4.69, 9.17) is 5.11 Å². The maximum atomic E-state index is 13.0. The third kappa shape index (κ3) is 2.75. The summed E-state index contributed by atoms with van der Waals surface area (Å²) in [5.74, 6) is -1.34. The molecule has 0 fully saturated rings.